The minimum Gasteiger partial charge on any atom is -0.419 e. The van der Waals surface area contributed by atoms with Crippen LogP contribution in [0, 0.1) is 0 Å². The van der Waals surface area contributed by atoms with Gasteiger partial charge in [0.1, 0.15) is 0 Å². The zero-order chi connectivity index (χ0) is 13.8. The van der Waals surface area contributed by atoms with Gasteiger partial charge in [-0.15, -0.1) is 10.2 Å². The van der Waals surface area contributed by atoms with Gasteiger partial charge in [-0.25, -0.2) is 0 Å². The topological polar surface area (TPSA) is 64.3 Å². The molecule has 0 aliphatic carbocycles. The fourth-order valence-electron chi connectivity index (χ4n) is 2.34. The van der Waals surface area contributed by atoms with Crippen molar-refractivity contribution < 1.29 is 9.15 Å². The van der Waals surface area contributed by atoms with E-state index in [9.17, 15) is 0 Å². The molecule has 106 valence electrons. The second-order valence-electron chi connectivity index (χ2n) is 5.01. The van der Waals surface area contributed by atoms with Crippen molar-refractivity contribution >= 4 is 0 Å². The summed E-state index contributed by atoms with van der Waals surface area (Å²) in [5.41, 5.74) is 0.846. The van der Waals surface area contributed by atoms with Crippen LogP contribution in [0.1, 0.15) is 19.2 Å². The van der Waals surface area contributed by atoms with Gasteiger partial charge in [0, 0.05) is 32.1 Å². The molecule has 2 aromatic rings. The van der Waals surface area contributed by atoms with Crippen molar-refractivity contribution in [3.8, 4) is 11.5 Å². The van der Waals surface area contributed by atoms with E-state index >= 15 is 0 Å². The average molecular weight is 274 g/mol. The molecule has 0 amide bonds. The Kier molecular flexibility index (Phi) is 4.03. The Morgan fingerprint density at radius 3 is 3.20 bits per heavy atom. The van der Waals surface area contributed by atoms with E-state index in [1.54, 1.807) is 12.4 Å². The maximum Gasteiger partial charge on any atom is 0.249 e. The van der Waals surface area contributed by atoms with Gasteiger partial charge in [-0.1, -0.05) is 0 Å². The fraction of sp³-hybridized carbons (Fsp3) is 0.500. The highest BCUT2D eigenvalue weighted by atomic mass is 16.5. The molecule has 0 saturated carbocycles. The van der Waals surface area contributed by atoms with Crippen LogP contribution < -0.4 is 0 Å². The van der Waals surface area contributed by atoms with Crippen LogP contribution in [0.2, 0.25) is 0 Å². The van der Waals surface area contributed by atoms with Gasteiger partial charge in [0.05, 0.1) is 18.2 Å². The van der Waals surface area contributed by atoms with E-state index in [0.29, 0.717) is 18.3 Å². The van der Waals surface area contributed by atoms with Crippen molar-refractivity contribution in [2.45, 2.75) is 26.0 Å². The SMILES string of the molecule is C[C@H]1CN(Cc2nnc(-c3cccnc3)o2)CCCO1. The number of nitrogens with zero attached hydrogens (tertiary/aromatic N) is 4. The van der Waals surface area contributed by atoms with Crippen LogP contribution in [-0.4, -0.2) is 45.9 Å². The number of rotatable bonds is 3. The van der Waals surface area contributed by atoms with E-state index in [2.05, 4.69) is 27.0 Å². The third-order valence-electron chi connectivity index (χ3n) is 3.27. The van der Waals surface area contributed by atoms with E-state index in [1.807, 2.05) is 12.1 Å². The lowest BCUT2D eigenvalue weighted by atomic mass is 10.3. The number of hydrogen-bond acceptors (Lipinski definition) is 6. The zero-order valence-electron chi connectivity index (χ0n) is 11.5. The van der Waals surface area contributed by atoms with E-state index in [4.69, 9.17) is 9.15 Å². The Morgan fingerprint density at radius 1 is 1.40 bits per heavy atom. The Labute approximate surface area is 117 Å². The molecule has 1 aliphatic heterocycles. The van der Waals surface area contributed by atoms with E-state index in [-0.39, 0.29) is 6.10 Å². The molecule has 1 fully saturated rings. The van der Waals surface area contributed by atoms with Gasteiger partial charge in [-0.3, -0.25) is 9.88 Å². The van der Waals surface area contributed by atoms with E-state index in [0.717, 1.165) is 31.7 Å². The van der Waals surface area contributed by atoms with Gasteiger partial charge in [-0.2, -0.15) is 0 Å². The summed E-state index contributed by atoms with van der Waals surface area (Å²) in [6.45, 7) is 5.47. The molecule has 3 heterocycles. The molecular formula is C14H18N4O2. The van der Waals surface area contributed by atoms with Gasteiger partial charge in [0.25, 0.3) is 0 Å². The maximum absolute atomic E-state index is 5.70. The minimum atomic E-state index is 0.248. The van der Waals surface area contributed by atoms with Crippen LogP contribution in [0.3, 0.4) is 0 Å². The monoisotopic (exact) mass is 274 g/mol. The summed E-state index contributed by atoms with van der Waals surface area (Å²) in [6, 6.07) is 3.76. The summed E-state index contributed by atoms with van der Waals surface area (Å²) < 4.78 is 11.3. The molecule has 1 aliphatic rings. The maximum atomic E-state index is 5.70. The van der Waals surface area contributed by atoms with E-state index < -0.39 is 0 Å². The van der Waals surface area contributed by atoms with Crippen molar-refractivity contribution in [2.75, 3.05) is 19.7 Å². The molecule has 0 aromatic carbocycles. The van der Waals surface area contributed by atoms with Crippen molar-refractivity contribution in [2.24, 2.45) is 0 Å². The molecule has 6 nitrogen and oxygen atoms in total. The molecule has 2 aromatic heterocycles. The first-order chi connectivity index (χ1) is 9.81. The normalized spacial score (nSPS) is 20.8. The molecule has 0 N–H and O–H groups in total. The van der Waals surface area contributed by atoms with Crippen molar-refractivity contribution in [3.05, 3.63) is 30.4 Å². The Balaban J connectivity index is 1.68. The second-order valence-corrected chi connectivity index (χ2v) is 5.01. The number of aromatic nitrogens is 3. The van der Waals surface area contributed by atoms with Crippen LogP contribution in [-0.2, 0) is 11.3 Å². The molecule has 1 atom stereocenters. The largest absolute Gasteiger partial charge is 0.419 e. The minimum absolute atomic E-state index is 0.248. The molecule has 0 spiro atoms. The first kappa shape index (κ1) is 13.2. The highest BCUT2D eigenvalue weighted by Crippen LogP contribution is 2.17. The van der Waals surface area contributed by atoms with Gasteiger partial charge in [0.2, 0.25) is 11.8 Å². The summed E-state index contributed by atoms with van der Waals surface area (Å²) in [4.78, 5) is 6.34. The zero-order valence-corrected chi connectivity index (χ0v) is 11.5. The quantitative estimate of drug-likeness (QED) is 0.849. The standard InChI is InChI=1S/C14H18N4O2/c1-11-9-18(6-3-7-19-11)10-13-16-17-14(20-13)12-4-2-5-15-8-12/h2,4-5,8,11H,3,6-7,9-10H2,1H3/t11-/m0/s1. The Bertz CT molecular complexity index is 543. The van der Waals surface area contributed by atoms with Crippen LogP contribution >= 0.6 is 0 Å². The smallest absolute Gasteiger partial charge is 0.249 e. The van der Waals surface area contributed by atoms with Crippen molar-refractivity contribution in [1.29, 1.82) is 0 Å². The summed E-state index contributed by atoms with van der Waals surface area (Å²) >= 11 is 0. The molecule has 1 saturated heterocycles. The van der Waals surface area contributed by atoms with Gasteiger partial charge < -0.3 is 9.15 Å². The van der Waals surface area contributed by atoms with Crippen LogP contribution in [0.15, 0.2) is 28.9 Å². The lowest BCUT2D eigenvalue weighted by Crippen LogP contribution is -2.29. The number of hydrogen-bond donors (Lipinski definition) is 0. The highest BCUT2D eigenvalue weighted by molar-refractivity contribution is 5.49. The summed E-state index contributed by atoms with van der Waals surface area (Å²) in [7, 11) is 0. The average Bonchev–Trinajstić information content (AvgIpc) is 2.83. The van der Waals surface area contributed by atoms with Gasteiger partial charge in [-0.05, 0) is 25.5 Å². The molecule has 6 heteroatoms. The van der Waals surface area contributed by atoms with Crippen molar-refractivity contribution in [1.82, 2.24) is 20.1 Å². The molecule has 20 heavy (non-hydrogen) atoms. The van der Waals surface area contributed by atoms with Crippen LogP contribution in [0.5, 0.6) is 0 Å². The summed E-state index contributed by atoms with van der Waals surface area (Å²) in [5, 5.41) is 8.20. The molecule has 0 radical (unpaired) electrons. The predicted octanol–water partition coefficient (Wildman–Crippen LogP) is 1.74. The highest BCUT2D eigenvalue weighted by Gasteiger charge is 2.18. The van der Waals surface area contributed by atoms with Gasteiger partial charge in [0.15, 0.2) is 0 Å². The number of ether oxygens (including phenoxy) is 1. The first-order valence-electron chi connectivity index (χ1n) is 6.88. The lowest BCUT2D eigenvalue weighted by molar-refractivity contribution is 0.0656. The van der Waals surface area contributed by atoms with Crippen molar-refractivity contribution in [3.63, 3.8) is 0 Å². The van der Waals surface area contributed by atoms with Gasteiger partial charge >= 0.3 is 0 Å². The summed E-state index contributed by atoms with van der Waals surface area (Å²) in [5.74, 6) is 1.16. The van der Waals surface area contributed by atoms with E-state index in [1.165, 1.54) is 0 Å². The molecule has 0 unspecified atom stereocenters. The second kappa shape index (κ2) is 6.11. The number of pyridine rings is 1. The molecule has 0 bridgehead atoms. The molecular weight excluding hydrogens is 256 g/mol. The third-order valence-corrected chi connectivity index (χ3v) is 3.27. The Hall–Kier alpha value is -1.79. The fourth-order valence-corrected chi connectivity index (χ4v) is 2.34. The predicted molar refractivity (Wildman–Crippen MR) is 72.8 cm³/mol. The first-order valence-corrected chi connectivity index (χ1v) is 6.88. The summed E-state index contributed by atoms with van der Waals surface area (Å²) in [6.07, 6.45) is 4.73. The third kappa shape index (κ3) is 3.20. The molecule has 3 rings (SSSR count). The van der Waals surface area contributed by atoms with Crippen LogP contribution in [0.25, 0.3) is 11.5 Å². The lowest BCUT2D eigenvalue weighted by Gasteiger charge is -2.19. The van der Waals surface area contributed by atoms with Crippen LogP contribution in [0.4, 0.5) is 0 Å². The Morgan fingerprint density at radius 2 is 2.35 bits per heavy atom.